The largest absolute Gasteiger partial charge is 0.197 e. The van der Waals surface area contributed by atoms with E-state index < -0.39 is 5.31 Å². The first-order chi connectivity index (χ1) is 9.19. The first kappa shape index (κ1) is 15.3. The molecule has 2 nitrogen and oxygen atoms in total. The normalized spacial score (nSPS) is 12.3. The molecule has 0 amide bonds. The maximum atomic E-state index is 9.70. The van der Waals surface area contributed by atoms with E-state index in [4.69, 9.17) is 0 Å². The van der Waals surface area contributed by atoms with E-state index in [1.807, 2.05) is 30.3 Å². The number of rotatable bonds is 6. The van der Waals surface area contributed by atoms with Crippen LogP contribution in [-0.4, -0.2) is 6.71 Å². The van der Waals surface area contributed by atoms with Gasteiger partial charge in [0.05, 0.1) is 12.1 Å². The van der Waals surface area contributed by atoms with Crippen molar-refractivity contribution < 1.29 is 0 Å². The lowest BCUT2D eigenvalue weighted by atomic mass is 9.28. The molecule has 0 N–H and O–H groups in total. The van der Waals surface area contributed by atoms with Crippen molar-refractivity contribution >= 4 is 6.71 Å². The Morgan fingerprint density at radius 3 is 1.95 bits per heavy atom. The minimum absolute atomic E-state index is 0.0198. The summed E-state index contributed by atoms with van der Waals surface area (Å²) in [4.78, 5) is 0. The fourth-order valence-electron chi connectivity index (χ4n) is 3.09. The third-order valence-corrected chi connectivity index (χ3v) is 4.16. The third kappa shape index (κ3) is 2.82. The molecule has 19 heavy (non-hydrogen) atoms. The summed E-state index contributed by atoms with van der Waals surface area (Å²) < 4.78 is 0. The van der Waals surface area contributed by atoms with E-state index in [-0.39, 0.29) is 12.6 Å². The van der Waals surface area contributed by atoms with Crippen LogP contribution >= 0.6 is 0 Å². The molecule has 0 saturated heterocycles. The summed E-state index contributed by atoms with van der Waals surface area (Å²) in [6.07, 6.45) is 2.53. The van der Waals surface area contributed by atoms with Gasteiger partial charge >= 0.3 is 0 Å². The lowest BCUT2D eigenvalue weighted by Gasteiger charge is -2.33. The molecule has 3 heteroatoms. The van der Waals surface area contributed by atoms with Crippen molar-refractivity contribution in [2.24, 2.45) is 0 Å². The Labute approximate surface area is 117 Å². The van der Waals surface area contributed by atoms with Crippen molar-refractivity contribution in [2.45, 2.75) is 51.1 Å². The van der Waals surface area contributed by atoms with E-state index in [1.54, 1.807) is 0 Å². The van der Waals surface area contributed by atoms with Crippen LogP contribution in [0.4, 0.5) is 0 Å². The van der Waals surface area contributed by atoms with Gasteiger partial charge in [0.25, 0.3) is 0 Å². The Morgan fingerprint density at radius 2 is 1.58 bits per heavy atom. The van der Waals surface area contributed by atoms with Gasteiger partial charge in [0.15, 0.2) is 6.71 Å². The monoisotopic (exact) mass is 252 g/mol. The minimum Gasteiger partial charge on any atom is -0.197 e. The second-order valence-electron chi connectivity index (χ2n) is 4.98. The standard InChI is InChI=1S/C16H21BN2/c1-4-15(14-10-8-7-9-11-14)16(12-18,13-19)17(5-2)6-3/h7-11,15H,4-6H2,1-3H3. The van der Waals surface area contributed by atoms with Gasteiger partial charge < -0.3 is 0 Å². The first-order valence-electron chi connectivity index (χ1n) is 7.07. The minimum atomic E-state index is -0.917. The van der Waals surface area contributed by atoms with Gasteiger partial charge in [-0.05, 0) is 12.0 Å². The fourth-order valence-corrected chi connectivity index (χ4v) is 3.09. The summed E-state index contributed by atoms with van der Waals surface area (Å²) in [6.45, 7) is 6.31. The molecule has 0 aliphatic carbocycles. The summed E-state index contributed by atoms with van der Waals surface area (Å²) in [6, 6.07) is 14.7. The van der Waals surface area contributed by atoms with Crippen LogP contribution in [0.25, 0.3) is 0 Å². The van der Waals surface area contributed by atoms with Crippen LogP contribution in [-0.2, 0) is 0 Å². The molecule has 0 heterocycles. The Bertz CT molecular complexity index is 452. The summed E-state index contributed by atoms with van der Waals surface area (Å²) in [5, 5.41) is 18.5. The second-order valence-corrected chi connectivity index (χ2v) is 4.98. The highest BCUT2D eigenvalue weighted by Gasteiger charge is 2.46. The first-order valence-corrected chi connectivity index (χ1v) is 7.07. The molecule has 0 aliphatic rings. The number of benzene rings is 1. The van der Waals surface area contributed by atoms with Crippen molar-refractivity contribution in [1.29, 1.82) is 10.5 Å². The molecule has 1 unspecified atom stereocenters. The maximum Gasteiger partial charge on any atom is 0.183 e. The molecule has 1 aromatic rings. The quantitative estimate of drug-likeness (QED) is 0.699. The molecule has 0 aliphatic heterocycles. The van der Waals surface area contributed by atoms with E-state index in [9.17, 15) is 10.5 Å². The van der Waals surface area contributed by atoms with E-state index in [0.29, 0.717) is 0 Å². The van der Waals surface area contributed by atoms with Crippen molar-refractivity contribution in [3.05, 3.63) is 35.9 Å². The predicted molar refractivity (Wildman–Crippen MR) is 80.1 cm³/mol. The van der Waals surface area contributed by atoms with Crippen LogP contribution in [0.15, 0.2) is 30.3 Å². The van der Waals surface area contributed by atoms with Crippen LogP contribution in [0, 0.1) is 22.7 Å². The van der Waals surface area contributed by atoms with Crippen LogP contribution in [0.2, 0.25) is 18.0 Å². The Kier molecular flexibility index (Phi) is 5.65. The van der Waals surface area contributed by atoms with Crippen LogP contribution in [0.3, 0.4) is 0 Å². The molecule has 0 spiro atoms. The van der Waals surface area contributed by atoms with Gasteiger partial charge in [0.2, 0.25) is 0 Å². The van der Waals surface area contributed by atoms with Crippen LogP contribution < -0.4 is 0 Å². The summed E-state index contributed by atoms with van der Waals surface area (Å²) in [7, 11) is 0. The summed E-state index contributed by atoms with van der Waals surface area (Å²) in [5.74, 6) is -0.0198. The maximum absolute atomic E-state index is 9.70. The van der Waals surface area contributed by atoms with Gasteiger partial charge in [-0.15, -0.1) is 0 Å². The van der Waals surface area contributed by atoms with Crippen LogP contribution in [0.1, 0.15) is 38.7 Å². The molecular formula is C16H21BN2. The highest BCUT2D eigenvalue weighted by atomic mass is 14.4. The summed E-state index contributed by atoms with van der Waals surface area (Å²) >= 11 is 0. The molecule has 0 radical (unpaired) electrons. The zero-order valence-corrected chi connectivity index (χ0v) is 12.1. The Morgan fingerprint density at radius 1 is 1.05 bits per heavy atom. The number of nitrogens with zero attached hydrogens (tertiary/aromatic N) is 2. The molecule has 98 valence electrons. The highest BCUT2D eigenvalue weighted by molar-refractivity contribution is 6.64. The van der Waals surface area contributed by atoms with Gasteiger partial charge in [-0.3, -0.25) is 0 Å². The molecule has 0 aromatic heterocycles. The van der Waals surface area contributed by atoms with E-state index in [0.717, 1.165) is 24.6 Å². The Balaban J connectivity index is 3.32. The fraction of sp³-hybridized carbons (Fsp3) is 0.500. The molecule has 0 bridgehead atoms. The van der Waals surface area contributed by atoms with Crippen molar-refractivity contribution in [3.63, 3.8) is 0 Å². The average molecular weight is 252 g/mol. The van der Waals surface area contributed by atoms with Crippen molar-refractivity contribution in [1.82, 2.24) is 0 Å². The zero-order chi connectivity index (χ0) is 14.3. The number of hydrogen-bond acceptors (Lipinski definition) is 2. The van der Waals surface area contributed by atoms with Gasteiger partial charge in [0, 0.05) is 5.92 Å². The third-order valence-electron chi connectivity index (χ3n) is 4.16. The average Bonchev–Trinajstić information content (AvgIpc) is 2.48. The van der Waals surface area contributed by atoms with Gasteiger partial charge in [-0.25, -0.2) is 0 Å². The van der Waals surface area contributed by atoms with E-state index in [2.05, 4.69) is 32.9 Å². The van der Waals surface area contributed by atoms with Gasteiger partial charge in [-0.1, -0.05) is 63.7 Å². The number of nitriles is 2. The van der Waals surface area contributed by atoms with Crippen molar-refractivity contribution in [2.75, 3.05) is 0 Å². The van der Waals surface area contributed by atoms with Crippen molar-refractivity contribution in [3.8, 4) is 12.1 Å². The number of hydrogen-bond donors (Lipinski definition) is 0. The molecule has 1 aromatic carbocycles. The second kappa shape index (κ2) is 7.00. The zero-order valence-electron chi connectivity index (χ0n) is 12.1. The van der Waals surface area contributed by atoms with E-state index >= 15 is 0 Å². The van der Waals surface area contributed by atoms with Gasteiger partial charge in [0.1, 0.15) is 5.31 Å². The smallest absolute Gasteiger partial charge is 0.183 e. The Hall–Kier alpha value is -1.74. The molecule has 1 rings (SSSR count). The predicted octanol–water partition coefficient (Wildman–Crippen LogP) is 4.50. The summed E-state index contributed by atoms with van der Waals surface area (Å²) in [5.41, 5.74) is 1.10. The SMILES string of the molecule is CCB(CC)C(C#N)(C#N)C(CC)c1ccccc1. The molecule has 1 atom stereocenters. The van der Waals surface area contributed by atoms with Gasteiger partial charge in [-0.2, -0.15) is 10.5 Å². The van der Waals surface area contributed by atoms with E-state index in [1.165, 1.54) is 0 Å². The lowest BCUT2D eigenvalue weighted by molar-refractivity contribution is 0.593. The van der Waals surface area contributed by atoms with Crippen LogP contribution in [0.5, 0.6) is 0 Å². The lowest BCUT2D eigenvalue weighted by Crippen LogP contribution is -2.34. The molecular weight excluding hydrogens is 231 g/mol. The topological polar surface area (TPSA) is 47.6 Å². The molecule has 0 saturated carbocycles. The highest BCUT2D eigenvalue weighted by Crippen LogP contribution is 2.48. The molecule has 0 fully saturated rings.